The van der Waals surface area contributed by atoms with E-state index in [-0.39, 0.29) is 51.4 Å². The number of aliphatic carboxylic acids is 1. The number of rotatable bonds is 4. The van der Waals surface area contributed by atoms with Crippen molar-refractivity contribution in [2.24, 2.45) is 0 Å². The second-order valence-electron chi connectivity index (χ2n) is 2.76. The average molecular weight is 246 g/mol. The molecule has 0 bridgehead atoms. The summed E-state index contributed by atoms with van der Waals surface area (Å²) in [4.78, 5) is 10.2. The first-order valence-electron chi connectivity index (χ1n) is 4.28. The smallest absolute Gasteiger partial charge is 0.545 e. The molecule has 5 heteroatoms. The van der Waals surface area contributed by atoms with Crippen LogP contribution in [0.25, 0.3) is 6.08 Å². The molecule has 4 nitrogen and oxygen atoms in total. The Hall–Kier alpha value is -0.334. The third-order valence-electron chi connectivity index (χ3n) is 1.84. The summed E-state index contributed by atoms with van der Waals surface area (Å²) in [5.41, 5.74) is 0.655. The maximum atomic E-state index is 10.2. The molecule has 1 aromatic rings. The van der Waals surface area contributed by atoms with Crippen LogP contribution >= 0.6 is 0 Å². The summed E-state index contributed by atoms with van der Waals surface area (Å²) in [7, 11) is 3.05. The van der Waals surface area contributed by atoms with E-state index in [0.29, 0.717) is 17.1 Å². The molecule has 0 amide bonds. The largest absolute Gasteiger partial charge is 1.00 e. The van der Waals surface area contributed by atoms with Crippen molar-refractivity contribution in [3.05, 3.63) is 29.8 Å². The van der Waals surface area contributed by atoms with Crippen molar-refractivity contribution >= 4 is 12.0 Å². The molecule has 0 atom stereocenters. The van der Waals surface area contributed by atoms with Crippen molar-refractivity contribution in [2.45, 2.75) is 0 Å². The van der Waals surface area contributed by atoms with E-state index in [1.165, 1.54) is 13.2 Å². The van der Waals surface area contributed by atoms with Gasteiger partial charge in [0.25, 0.3) is 0 Å². The molecule has 0 N–H and O–H groups in total. The van der Waals surface area contributed by atoms with Gasteiger partial charge in [0.2, 0.25) is 0 Å². The Morgan fingerprint density at radius 3 is 2.50 bits per heavy atom. The Morgan fingerprint density at radius 1 is 1.31 bits per heavy atom. The van der Waals surface area contributed by atoms with Crippen molar-refractivity contribution < 1.29 is 70.8 Å². The molecule has 1 aromatic carbocycles. The van der Waals surface area contributed by atoms with E-state index in [2.05, 4.69) is 0 Å². The maximum Gasteiger partial charge on any atom is 1.00 e. The van der Waals surface area contributed by atoms with Crippen LogP contribution in [0.5, 0.6) is 11.5 Å². The number of ether oxygens (including phenoxy) is 2. The Bertz CT molecular complexity index is 388. The zero-order valence-corrected chi connectivity index (χ0v) is 12.6. The van der Waals surface area contributed by atoms with Gasteiger partial charge in [0.05, 0.1) is 20.2 Å². The van der Waals surface area contributed by atoms with Gasteiger partial charge in [0.1, 0.15) is 11.5 Å². The summed E-state index contributed by atoms with van der Waals surface area (Å²) in [6.45, 7) is 0. The van der Waals surface area contributed by atoms with Crippen molar-refractivity contribution in [3.8, 4) is 11.5 Å². The van der Waals surface area contributed by atoms with Gasteiger partial charge in [-0.3, -0.25) is 0 Å². The Balaban J connectivity index is 0.00000225. The van der Waals surface area contributed by atoms with Gasteiger partial charge in [0.15, 0.2) is 0 Å². The molecule has 0 aromatic heterocycles. The molecule has 0 aliphatic heterocycles. The summed E-state index contributed by atoms with van der Waals surface area (Å²) in [5.74, 6) is -0.0443. The van der Waals surface area contributed by atoms with Crippen LogP contribution in [0.3, 0.4) is 0 Å². The number of benzene rings is 1. The second kappa shape index (κ2) is 7.86. The second-order valence-corrected chi connectivity index (χ2v) is 2.76. The molecule has 0 aliphatic carbocycles. The summed E-state index contributed by atoms with van der Waals surface area (Å²) in [6, 6.07) is 5.10. The Labute approximate surface area is 137 Å². The summed E-state index contributed by atoms with van der Waals surface area (Å²) in [5, 5.41) is 10.2. The molecule has 0 spiro atoms. The molecule has 0 saturated carbocycles. The van der Waals surface area contributed by atoms with Gasteiger partial charge in [0, 0.05) is 11.6 Å². The third kappa shape index (κ3) is 4.67. The van der Waals surface area contributed by atoms with Crippen LogP contribution < -0.4 is 66.0 Å². The number of methoxy groups -OCH3 is 2. The van der Waals surface area contributed by atoms with Crippen LogP contribution in [-0.4, -0.2) is 20.2 Å². The van der Waals surface area contributed by atoms with E-state index in [9.17, 15) is 9.90 Å². The summed E-state index contributed by atoms with van der Waals surface area (Å²) in [6.07, 6.45) is 2.36. The van der Waals surface area contributed by atoms with E-state index < -0.39 is 5.97 Å². The number of carbonyl (C=O) groups is 1. The van der Waals surface area contributed by atoms with E-state index in [1.807, 2.05) is 0 Å². The molecule has 0 fully saturated rings. The molecule has 0 saturated heterocycles. The van der Waals surface area contributed by atoms with Crippen LogP contribution in [0.15, 0.2) is 24.3 Å². The number of carbonyl (C=O) groups excluding carboxylic acids is 1. The SMILES string of the molecule is COc1ccc(/C=C/C(=O)[O-])c(OC)c1.[K+]. The van der Waals surface area contributed by atoms with Crippen molar-refractivity contribution in [1.82, 2.24) is 0 Å². The zero-order chi connectivity index (χ0) is 11.3. The van der Waals surface area contributed by atoms with Crippen LogP contribution in [-0.2, 0) is 4.79 Å². The quantitative estimate of drug-likeness (QED) is 0.434. The summed E-state index contributed by atoms with van der Waals surface area (Å²) >= 11 is 0. The molecular weight excluding hydrogens is 235 g/mol. The normalized spacial score (nSPS) is 9.62. The molecule has 80 valence electrons. The van der Waals surface area contributed by atoms with Gasteiger partial charge >= 0.3 is 51.4 Å². The first-order chi connectivity index (χ1) is 7.17. The minimum Gasteiger partial charge on any atom is -0.545 e. The predicted molar refractivity (Wildman–Crippen MR) is 53.6 cm³/mol. The van der Waals surface area contributed by atoms with Gasteiger partial charge in [-0.15, -0.1) is 0 Å². The van der Waals surface area contributed by atoms with Crippen LogP contribution in [0, 0.1) is 0 Å². The van der Waals surface area contributed by atoms with Gasteiger partial charge in [-0.2, -0.15) is 0 Å². The molecule has 1 rings (SSSR count). The molecular formula is C11H11KO4. The van der Waals surface area contributed by atoms with Crippen LogP contribution in [0.2, 0.25) is 0 Å². The summed E-state index contributed by atoms with van der Waals surface area (Å²) < 4.78 is 10.1. The Kier molecular flexibility index (Phi) is 7.70. The molecule has 0 heterocycles. The van der Waals surface area contributed by atoms with Crippen molar-refractivity contribution in [2.75, 3.05) is 14.2 Å². The van der Waals surface area contributed by atoms with Gasteiger partial charge in [-0.1, -0.05) is 0 Å². The standard InChI is InChI=1S/C11H12O4.K/c1-14-9-5-3-8(4-6-11(12)13)10(7-9)15-2;/h3-7H,1-2H3,(H,12,13);/q;+1/p-1/b6-4+;. The fourth-order valence-corrected chi connectivity index (χ4v) is 1.11. The van der Waals surface area contributed by atoms with E-state index >= 15 is 0 Å². The van der Waals surface area contributed by atoms with E-state index in [4.69, 9.17) is 9.47 Å². The fourth-order valence-electron chi connectivity index (χ4n) is 1.11. The van der Waals surface area contributed by atoms with E-state index in [1.54, 1.807) is 25.3 Å². The number of carboxylic acids is 1. The third-order valence-corrected chi connectivity index (χ3v) is 1.84. The van der Waals surface area contributed by atoms with Gasteiger partial charge in [-0.25, -0.2) is 0 Å². The minimum absolute atomic E-state index is 0. The fraction of sp³-hybridized carbons (Fsp3) is 0.182. The molecule has 0 aliphatic rings. The first kappa shape index (κ1) is 15.7. The minimum atomic E-state index is -1.24. The Morgan fingerprint density at radius 2 is 2.00 bits per heavy atom. The molecule has 0 radical (unpaired) electrons. The van der Waals surface area contributed by atoms with Crippen molar-refractivity contribution in [3.63, 3.8) is 0 Å². The monoisotopic (exact) mass is 246 g/mol. The van der Waals surface area contributed by atoms with Gasteiger partial charge in [-0.05, 0) is 24.3 Å². The topological polar surface area (TPSA) is 58.6 Å². The van der Waals surface area contributed by atoms with Crippen LogP contribution in [0.4, 0.5) is 0 Å². The number of hydrogen-bond donors (Lipinski definition) is 0. The van der Waals surface area contributed by atoms with E-state index in [0.717, 1.165) is 6.08 Å². The number of hydrogen-bond acceptors (Lipinski definition) is 4. The number of carboxylic acid groups (broad SMARTS) is 1. The van der Waals surface area contributed by atoms with Crippen molar-refractivity contribution in [1.29, 1.82) is 0 Å². The average Bonchev–Trinajstić information content (AvgIpc) is 2.25. The molecule has 0 unspecified atom stereocenters. The maximum absolute atomic E-state index is 10.2. The predicted octanol–water partition coefficient (Wildman–Crippen LogP) is -2.53. The first-order valence-corrected chi connectivity index (χ1v) is 4.28. The van der Waals surface area contributed by atoms with Crippen LogP contribution in [0.1, 0.15) is 5.56 Å². The zero-order valence-electron chi connectivity index (χ0n) is 9.52. The molecule has 16 heavy (non-hydrogen) atoms. The van der Waals surface area contributed by atoms with Gasteiger partial charge < -0.3 is 19.4 Å².